The smallest absolute Gasteiger partial charge is 0.239 e. The number of thiazole rings is 1. The van der Waals surface area contributed by atoms with E-state index in [1.54, 1.807) is 12.3 Å². The monoisotopic (exact) mass is 398 g/mol. The van der Waals surface area contributed by atoms with Gasteiger partial charge in [0.2, 0.25) is 5.91 Å². The first kappa shape index (κ1) is 18.7. The van der Waals surface area contributed by atoms with Crippen LogP contribution in [0, 0.1) is 12.8 Å². The second-order valence-electron chi connectivity index (χ2n) is 6.75. The highest BCUT2D eigenvalue weighted by Crippen LogP contribution is 2.26. The fourth-order valence-corrected chi connectivity index (χ4v) is 3.70. The molecule has 3 N–H and O–H groups in total. The van der Waals surface area contributed by atoms with Crippen molar-refractivity contribution >= 4 is 23.1 Å². The molecule has 4 heterocycles. The molecule has 146 valence electrons. The molecule has 28 heavy (non-hydrogen) atoms. The van der Waals surface area contributed by atoms with Crippen LogP contribution >= 0.6 is 11.3 Å². The number of nitrogens with zero attached hydrogens (tertiary/aromatic N) is 3. The number of carbonyl (C=O) groups excluding carboxylic acids is 1. The van der Waals surface area contributed by atoms with Crippen LogP contribution in [0.4, 0.5) is 5.82 Å². The second-order valence-corrected chi connectivity index (χ2v) is 7.64. The molecule has 8 nitrogen and oxygen atoms in total. The van der Waals surface area contributed by atoms with Gasteiger partial charge in [-0.05, 0) is 51.0 Å². The van der Waals surface area contributed by atoms with Crippen molar-refractivity contribution in [3.05, 3.63) is 35.5 Å². The van der Waals surface area contributed by atoms with Gasteiger partial charge in [-0.15, -0.1) is 11.3 Å². The lowest BCUT2D eigenvalue weighted by Gasteiger charge is -2.11. The molecule has 1 atom stereocenters. The van der Waals surface area contributed by atoms with Gasteiger partial charge in [0.1, 0.15) is 22.3 Å². The molecule has 1 aliphatic heterocycles. The Kier molecular flexibility index (Phi) is 5.75. The Hall–Kier alpha value is -2.62. The fourth-order valence-electron chi connectivity index (χ4n) is 3.10. The molecule has 0 saturated carbocycles. The predicted molar refractivity (Wildman–Crippen MR) is 108 cm³/mol. The third-order valence-electron chi connectivity index (χ3n) is 4.49. The summed E-state index contributed by atoms with van der Waals surface area (Å²) in [5.41, 5.74) is 0.648. The summed E-state index contributed by atoms with van der Waals surface area (Å²) < 4.78 is 5.65. The second kappa shape index (κ2) is 8.59. The molecular formula is C19H22N6O2S. The molecule has 0 aromatic carbocycles. The van der Waals surface area contributed by atoms with E-state index in [-0.39, 0.29) is 12.5 Å². The topological polar surface area (TPSA) is 105 Å². The normalized spacial score (nSPS) is 16.4. The molecule has 1 unspecified atom stereocenters. The number of nitrogens with one attached hydrogen (secondary N) is 3. The average molecular weight is 398 g/mol. The summed E-state index contributed by atoms with van der Waals surface area (Å²) in [6, 6.07) is 5.41. The Labute approximate surface area is 166 Å². The average Bonchev–Trinajstić information content (AvgIpc) is 3.44. The number of aromatic nitrogens is 3. The molecule has 4 rings (SSSR count). The zero-order valence-corrected chi connectivity index (χ0v) is 16.4. The Bertz CT molecular complexity index is 934. The van der Waals surface area contributed by atoms with Crippen molar-refractivity contribution in [2.24, 2.45) is 5.92 Å². The molecule has 3 aromatic heterocycles. The minimum Gasteiger partial charge on any atom is -0.458 e. The number of furan rings is 1. The van der Waals surface area contributed by atoms with E-state index in [2.05, 4.69) is 30.9 Å². The van der Waals surface area contributed by atoms with Crippen LogP contribution in [0.25, 0.3) is 22.3 Å². The first-order chi connectivity index (χ1) is 13.7. The molecule has 3 aromatic rings. The van der Waals surface area contributed by atoms with Gasteiger partial charge >= 0.3 is 0 Å². The third kappa shape index (κ3) is 4.61. The van der Waals surface area contributed by atoms with E-state index in [0.717, 1.165) is 36.8 Å². The Balaban J connectivity index is 1.48. The number of hydrogen-bond acceptors (Lipinski definition) is 8. The van der Waals surface area contributed by atoms with Gasteiger partial charge in [0.15, 0.2) is 11.6 Å². The van der Waals surface area contributed by atoms with Gasteiger partial charge in [0.25, 0.3) is 0 Å². The number of amides is 1. The van der Waals surface area contributed by atoms with E-state index in [9.17, 15) is 4.79 Å². The number of rotatable bonds is 7. The van der Waals surface area contributed by atoms with E-state index in [1.807, 2.05) is 24.4 Å². The summed E-state index contributed by atoms with van der Waals surface area (Å²) >= 11 is 1.48. The van der Waals surface area contributed by atoms with Crippen molar-refractivity contribution in [2.75, 3.05) is 31.5 Å². The number of anilines is 1. The summed E-state index contributed by atoms with van der Waals surface area (Å²) in [5.74, 6) is 2.61. The summed E-state index contributed by atoms with van der Waals surface area (Å²) in [7, 11) is 0. The number of carbonyl (C=O) groups is 1. The van der Waals surface area contributed by atoms with Gasteiger partial charge in [-0.3, -0.25) is 4.79 Å². The van der Waals surface area contributed by atoms with Crippen LogP contribution in [0.15, 0.2) is 34.2 Å². The summed E-state index contributed by atoms with van der Waals surface area (Å²) in [6.07, 6.45) is 2.86. The Morgan fingerprint density at radius 3 is 3.04 bits per heavy atom. The van der Waals surface area contributed by atoms with Gasteiger partial charge in [-0.2, -0.15) is 0 Å². The molecule has 0 radical (unpaired) electrons. The molecular weight excluding hydrogens is 376 g/mol. The molecule has 0 bridgehead atoms. The SMILES string of the molecule is Cc1ccc(-c2nc(NC(=O)CNCC3CCNC3)cc(-c3nccs3)n2)o1. The highest BCUT2D eigenvalue weighted by atomic mass is 32.1. The van der Waals surface area contributed by atoms with Crippen LogP contribution in [0.5, 0.6) is 0 Å². The van der Waals surface area contributed by atoms with Crippen molar-refractivity contribution in [1.82, 2.24) is 25.6 Å². The van der Waals surface area contributed by atoms with Crippen molar-refractivity contribution in [3.63, 3.8) is 0 Å². The van der Waals surface area contributed by atoms with Crippen LogP contribution in [0.3, 0.4) is 0 Å². The predicted octanol–water partition coefficient (Wildman–Crippen LogP) is 2.31. The molecule has 0 spiro atoms. The lowest BCUT2D eigenvalue weighted by molar-refractivity contribution is -0.115. The third-order valence-corrected chi connectivity index (χ3v) is 5.28. The van der Waals surface area contributed by atoms with Gasteiger partial charge < -0.3 is 20.4 Å². The van der Waals surface area contributed by atoms with Gasteiger partial charge in [0.05, 0.1) is 6.54 Å². The minimum absolute atomic E-state index is 0.142. The largest absolute Gasteiger partial charge is 0.458 e. The minimum atomic E-state index is -0.142. The molecule has 9 heteroatoms. The number of hydrogen-bond donors (Lipinski definition) is 3. The first-order valence-corrected chi connectivity index (χ1v) is 10.1. The van der Waals surface area contributed by atoms with E-state index in [4.69, 9.17) is 4.42 Å². The standard InChI is InChI=1S/C19H22N6O2S/c1-12-2-3-15(27-12)18-23-14(19-22-6-7-28-19)8-16(25-18)24-17(26)11-21-10-13-4-5-20-9-13/h2-3,6-8,13,20-21H,4-5,9-11H2,1H3,(H,23,24,25,26). The van der Waals surface area contributed by atoms with Crippen LogP contribution in [-0.2, 0) is 4.79 Å². The zero-order valence-electron chi connectivity index (χ0n) is 15.6. The lowest BCUT2D eigenvalue weighted by Crippen LogP contribution is -2.32. The van der Waals surface area contributed by atoms with Crippen molar-refractivity contribution < 1.29 is 9.21 Å². The van der Waals surface area contributed by atoms with E-state index in [0.29, 0.717) is 29.0 Å². The molecule has 1 amide bonds. The fraction of sp³-hybridized carbons (Fsp3) is 0.368. The maximum Gasteiger partial charge on any atom is 0.239 e. The quantitative estimate of drug-likeness (QED) is 0.561. The Morgan fingerprint density at radius 1 is 1.39 bits per heavy atom. The summed E-state index contributed by atoms with van der Waals surface area (Å²) in [5, 5.41) is 12.0. The maximum absolute atomic E-state index is 12.3. The van der Waals surface area contributed by atoms with Crippen LogP contribution in [0.1, 0.15) is 12.2 Å². The van der Waals surface area contributed by atoms with Crippen LogP contribution < -0.4 is 16.0 Å². The Morgan fingerprint density at radius 2 is 2.32 bits per heavy atom. The van der Waals surface area contributed by atoms with Crippen molar-refractivity contribution in [1.29, 1.82) is 0 Å². The van der Waals surface area contributed by atoms with Crippen LogP contribution in [0.2, 0.25) is 0 Å². The highest BCUT2D eigenvalue weighted by Gasteiger charge is 2.16. The van der Waals surface area contributed by atoms with E-state index >= 15 is 0 Å². The van der Waals surface area contributed by atoms with Gasteiger partial charge in [0, 0.05) is 17.6 Å². The maximum atomic E-state index is 12.3. The zero-order chi connectivity index (χ0) is 19.3. The van der Waals surface area contributed by atoms with Gasteiger partial charge in [-0.1, -0.05) is 0 Å². The van der Waals surface area contributed by atoms with E-state index in [1.165, 1.54) is 11.3 Å². The molecule has 1 saturated heterocycles. The van der Waals surface area contributed by atoms with Crippen molar-refractivity contribution in [3.8, 4) is 22.3 Å². The molecule has 0 aliphatic carbocycles. The van der Waals surface area contributed by atoms with E-state index < -0.39 is 0 Å². The summed E-state index contributed by atoms with van der Waals surface area (Å²) in [6.45, 7) is 4.98. The van der Waals surface area contributed by atoms with Crippen molar-refractivity contribution in [2.45, 2.75) is 13.3 Å². The lowest BCUT2D eigenvalue weighted by atomic mass is 10.1. The number of aryl methyl sites for hydroxylation is 1. The first-order valence-electron chi connectivity index (χ1n) is 9.24. The van der Waals surface area contributed by atoms with Crippen LogP contribution in [-0.4, -0.2) is 47.0 Å². The molecule has 1 fully saturated rings. The highest BCUT2D eigenvalue weighted by molar-refractivity contribution is 7.13. The molecule has 1 aliphatic rings. The summed E-state index contributed by atoms with van der Waals surface area (Å²) in [4.78, 5) is 25.7. The van der Waals surface area contributed by atoms with Gasteiger partial charge in [-0.25, -0.2) is 15.0 Å².